The van der Waals surface area contributed by atoms with Gasteiger partial charge in [-0.05, 0) is 6.07 Å². The Labute approximate surface area is 98.6 Å². The van der Waals surface area contributed by atoms with Crippen molar-refractivity contribution in [2.24, 2.45) is 0 Å². The lowest BCUT2D eigenvalue weighted by Gasteiger charge is -2.05. The summed E-state index contributed by atoms with van der Waals surface area (Å²) in [5, 5.41) is 6.37. The lowest BCUT2D eigenvalue weighted by atomic mass is 10.3. The predicted molar refractivity (Wildman–Crippen MR) is 61.5 cm³/mol. The minimum absolute atomic E-state index is 0.123. The summed E-state index contributed by atoms with van der Waals surface area (Å²) in [6.07, 6.45) is 5.02. The number of ether oxygens (including phenoxy) is 1. The van der Waals surface area contributed by atoms with Crippen molar-refractivity contribution in [2.75, 3.05) is 20.3 Å². The molecule has 0 saturated heterocycles. The van der Waals surface area contributed by atoms with Crippen LogP contribution in [-0.4, -0.2) is 35.9 Å². The number of rotatable bonds is 5. The maximum absolute atomic E-state index is 11.5. The first-order valence-corrected chi connectivity index (χ1v) is 4.98. The summed E-state index contributed by atoms with van der Waals surface area (Å²) in [7, 11) is 1.52. The largest absolute Gasteiger partial charge is 0.383 e. The van der Waals surface area contributed by atoms with E-state index in [0.717, 1.165) is 0 Å². The quantitative estimate of drug-likeness (QED) is 0.682. The van der Waals surface area contributed by atoms with Crippen molar-refractivity contribution >= 4 is 5.91 Å². The van der Waals surface area contributed by atoms with E-state index >= 15 is 0 Å². The Morgan fingerprint density at radius 2 is 2.41 bits per heavy atom. The average Bonchev–Trinajstić information content (AvgIpc) is 2.35. The molecule has 0 atom stereocenters. The zero-order valence-electron chi connectivity index (χ0n) is 9.47. The van der Waals surface area contributed by atoms with Gasteiger partial charge in [-0.1, -0.05) is 5.92 Å². The molecule has 1 aromatic heterocycles. The standard InChI is InChI=1S/C11H13N3O3/c1-3-6-12-11(16)9-4-5-10(15)14(13-9)7-8-17-2/h1,4-5H,6-8H2,2H3,(H,12,16). The molecule has 17 heavy (non-hydrogen) atoms. The van der Waals surface area contributed by atoms with Gasteiger partial charge in [-0.15, -0.1) is 6.42 Å². The van der Waals surface area contributed by atoms with Gasteiger partial charge in [0.1, 0.15) is 5.69 Å². The summed E-state index contributed by atoms with van der Waals surface area (Å²) in [6.45, 7) is 0.769. The van der Waals surface area contributed by atoms with E-state index in [1.54, 1.807) is 0 Å². The molecule has 0 fully saturated rings. The highest BCUT2D eigenvalue weighted by Gasteiger charge is 2.08. The molecule has 0 unspecified atom stereocenters. The van der Waals surface area contributed by atoms with Crippen molar-refractivity contribution in [3.05, 3.63) is 28.2 Å². The van der Waals surface area contributed by atoms with Gasteiger partial charge in [0.2, 0.25) is 0 Å². The third kappa shape index (κ3) is 3.74. The molecular formula is C11H13N3O3. The molecule has 1 rings (SSSR count). The third-order valence-corrected chi connectivity index (χ3v) is 1.96. The number of carbonyl (C=O) groups is 1. The second kappa shape index (κ2) is 6.45. The van der Waals surface area contributed by atoms with E-state index in [0.29, 0.717) is 13.2 Å². The highest BCUT2D eigenvalue weighted by atomic mass is 16.5. The van der Waals surface area contributed by atoms with Crippen LogP contribution in [0.25, 0.3) is 0 Å². The summed E-state index contributed by atoms with van der Waals surface area (Å²) >= 11 is 0. The zero-order valence-corrected chi connectivity index (χ0v) is 9.47. The number of hydrogen-bond donors (Lipinski definition) is 1. The smallest absolute Gasteiger partial charge is 0.272 e. The second-order valence-corrected chi connectivity index (χ2v) is 3.16. The highest BCUT2D eigenvalue weighted by molar-refractivity contribution is 5.92. The molecule has 1 aromatic rings. The van der Waals surface area contributed by atoms with Gasteiger partial charge in [0.05, 0.1) is 19.7 Å². The van der Waals surface area contributed by atoms with Crippen LogP contribution in [0.15, 0.2) is 16.9 Å². The Kier molecular flexibility index (Phi) is 4.91. The number of nitrogens with zero attached hydrogens (tertiary/aromatic N) is 2. The number of methoxy groups -OCH3 is 1. The van der Waals surface area contributed by atoms with Crippen LogP contribution in [-0.2, 0) is 11.3 Å². The summed E-state index contributed by atoms with van der Waals surface area (Å²) in [5.41, 5.74) is -0.133. The molecule has 0 aromatic carbocycles. The average molecular weight is 235 g/mol. The molecule has 0 bridgehead atoms. The molecule has 1 amide bonds. The molecule has 6 heteroatoms. The van der Waals surface area contributed by atoms with Crippen LogP contribution < -0.4 is 10.9 Å². The number of terminal acetylenes is 1. The molecule has 0 aliphatic heterocycles. The van der Waals surface area contributed by atoms with Crippen LogP contribution in [0.3, 0.4) is 0 Å². The van der Waals surface area contributed by atoms with E-state index in [9.17, 15) is 9.59 Å². The maximum Gasteiger partial charge on any atom is 0.272 e. The molecule has 6 nitrogen and oxygen atoms in total. The molecular weight excluding hydrogens is 222 g/mol. The Bertz CT molecular complexity index is 487. The van der Waals surface area contributed by atoms with Crippen LogP contribution in [0.2, 0.25) is 0 Å². The number of hydrogen-bond acceptors (Lipinski definition) is 4. The highest BCUT2D eigenvalue weighted by Crippen LogP contribution is 1.90. The number of amides is 1. The summed E-state index contributed by atoms with van der Waals surface area (Å²) in [4.78, 5) is 22.9. The van der Waals surface area contributed by atoms with Gasteiger partial charge < -0.3 is 10.1 Å². The second-order valence-electron chi connectivity index (χ2n) is 3.16. The van der Waals surface area contributed by atoms with E-state index in [-0.39, 0.29) is 17.8 Å². The fourth-order valence-electron chi connectivity index (χ4n) is 1.13. The third-order valence-electron chi connectivity index (χ3n) is 1.96. The van der Waals surface area contributed by atoms with E-state index < -0.39 is 5.91 Å². The molecule has 0 aliphatic carbocycles. The number of aromatic nitrogens is 2. The van der Waals surface area contributed by atoms with Crippen molar-refractivity contribution in [1.82, 2.24) is 15.1 Å². The van der Waals surface area contributed by atoms with Crippen LogP contribution in [0.4, 0.5) is 0 Å². The van der Waals surface area contributed by atoms with Gasteiger partial charge in [-0.25, -0.2) is 4.68 Å². The summed E-state index contributed by atoms with van der Waals surface area (Å²) in [6, 6.07) is 2.64. The Balaban J connectivity index is 2.84. The van der Waals surface area contributed by atoms with Crippen LogP contribution in [0, 0.1) is 12.3 Å². The Morgan fingerprint density at radius 3 is 3.06 bits per heavy atom. The number of carbonyl (C=O) groups excluding carboxylic acids is 1. The van der Waals surface area contributed by atoms with Crippen molar-refractivity contribution in [3.8, 4) is 12.3 Å². The van der Waals surface area contributed by atoms with Crippen molar-refractivity contribution < 1.29 is 9.53 Å². The monoisotopic (exact) mass is 235 g/mol. The lowest BCUT2D eigenvalue weighted by molar-refractivity contribution is 0.0950. The minimum atomic E-state index is -0.408. The maximum atomic E-state index is 11.5. The first-order chi connectivity index (χ1) is 8.19. The molecule has 0 spiro atoms. The van der Waals surface area contributed by atoms with Crippen LogP contribution >= 0.6 is 0 Å². The predicted octanol–water partition coefficient (Wildman–Crippen LogP) is -0.747. The van der Waals surface area contributed by atoms with Crippen molar-refractivity contribution in [3.63, 3.8) is 0 Å². The van der Waals surface area contributed by atoms with Gasteiger partial charge in [0, 0.05) is 13.2 Å². The van der Waals surface area contributed by atoms with Gasteiger partial charge in [-0.2, -0.15) is 5.10 Å². The molecule has 0 radical (unpaired) electrons. The van der Waals surface area contributed by atoms with E-state index in [2.05, 4.69) is 16.3 Å². The van der Waals surface area contributed by atoms with Crippen LogP contribution in [0.1, 0.15) is 10.5 Å². The van der Waals surface area contributed by atoms with Gasteiger partial charge >= 0.3 is 0 Å². The SMILES string of the molecule is C#CCNC(=O)c1ccc(=O)n(CCOC)n1. The minimum Gasteiger partial charge on any atom is -0.383 e. The summed E-state index contributed by atoms with van der Waals surface area (Å²) < 4.78 is 6.01. The normalized spacial score (nSPS) is 9.65. The lowest BCUT2D eigenvalue weighted by Crippen LogP contribution is -2.30. The number of nitrogens with one attached hydrogen (secondary N) is 1. The zero-order chi connectivity index (χ0) is 12.7. The van der Waals surface area contributed by atoms with Crippen LogP contribution in [0.5, 0.6) is 0 Å². The molecule has 90 valence electrons. The molecule has 1 heterocycles. The van der Waals surface area contributed by atoms with E-state index in [1.807, 2.05) is 0 Å². The fraction of sp³-hybridized carbons (Fsp3) is 0.364. The topological polar surface area (TPSA) is 73.2 Å². The van der Waals surface area contributed by atoms with Gasteiger partial charge in [0.15, 0.2) is 0 Å². The fourth-order valence-corrected chi connectivity index (χ4v) is 1.13. The Hall–Kier alpha value is -2.13. The van der Waals surface area contributed by atoms with E-state index in [1.165, 1.54) is 23.9 Å². The molecule has 0 aliphatic rings. The Morgan fingerprint density at radius 1 is 1.65 bits per heavy atom. The van der Waals surface area contributed by atoms with Gasteiger partial charge in [-0.3, -0.25) is 9.59 Å². The first-order valence-electron chi connectivity index (χ1n) is 4.98. The molecule has 1 N–H and O–H groups in total. The van der Waals surface area contributed by atoms with E-state index in [4.69, 9.17) is 11.2 Å². The molecule has 0 saturated carbocycles. The first kappa shape index (κ1) is 12.9. The van der Waals surface area contributed by atoms with Crippen molar-refractivity contribution in [1.29, 1.82) is 0 Å². The summed E-state index contributed by atoms with van der Waals surface area (Å²) in [5.74, 6) is 1.87. The van der Waals surface area contributed by atoms with Gasteiger partial charge in [0.25, 0.3) is 11.5 Å². The van der Waals surface area contributed by atoms with Crippen molar-refractivity contribution in [2.45, 2.75) is 6.54 Å².